The third kappa shape index (κ3) is 13.0. The van der Waals surface area contributed by atoms with Gasteiger partial charge in [0.2, 0.25) is 0 Å². The average molecular weight is 236 g/mol. The first-order valence-corrected chi connectivity index (χ1v) is 7.00. The van der Waals surface area contributed by atoms with Crippen LogP contribution in [-0.4, -0.2) is 5.11 Å². The van der Waals surface area contributed by atoms with E-state index in [0.29, 0.717) is 5.76 Å². The summed E-state index contributed by atoms with van der Waals surface area (Å²) in [4.78, 5) is 0. The molecule has 0 rings (SSSR count). The molecular formula is C16H28O. The molecular weight excluding hydrogens is 208 g/mol. The van der Waals surface area contributed by atoms with Gasteiger partial charge in [-0.2, -0.15) is 0 Å². The van der Waals surface area contributed by atoms with Crippen LogP contribution in [0.5, 0.6) is 0 Å². The average Bonchev–Trinajstić information content (AvgIpc) is 2.33. The second kappa shape index (κ2) is 13.1. The zero-order chi connectivity index (χ0) is 12.8. The molecule has 0 unspecified atom stereocenters. The molecule has 0 bridgehead atoms. The summed E-state index contributed by atoms with van der Waals surface area (Å²) in [5.74, 6) is 0.504. The van der Waals surface area contributed by atoms with Crippen LogP contribution in [0.1, 0.15) is 65.2 Å². The lowest BCUT2D eigenvalue weighted by Gasteiger charge is -1.97. The fourth-order valence-electron chi connectivity index (χ4n) is 1.52. The molecule has 0 radical (unpaired) electrons. The van der Waals surface area contributed by atoms with Crippen molar-refractivity contribution < 1.29 is 5.11 Å². The molecule has 0 saturated heterocycles. The molecule has 1 nitrogen and oxygen atoms in total. The molecule has 0 aromatic carbocycles. The third-order valence-corrected chi connectivity index (χ3v) is 2.61. The topological polar surface area (TPSA) is 20.2 Å². The van der Waals surface area contributed by atoms with Crippen LogP contribution in [0.15, 0.2) is 36.1 Å². The van der Waals surface area contributed by atoms with E-state index in [0.717, 1.165) is 32.1 Å². The van der Waals surface area contributed by atoms with E-state index in [-0.39, 0.29) is 0 Å². The van der Waals surface area contributed by atoms with Crippen molar-refractivity contribution in [3.05, 3.63) is 36.1 Å². The Morgan fingerprint density at radius 2 is 1.65 bits per heavy atom. The molecule has 0 aliphatic carbocycles. The van der Waals surface area contributed by atoms with E-state index in [9.17, 15) is 5.11 Å². The highest BCUT2D eigenvalue weighted by Gasteiger charge is 1.91. The van der Waals surface area contributed by atoms with Crippen molar-refractivity contribution in [1.29, 1.82) is 0 Å². The van der Waals surface area contributed by atoms with Crippen molar-refractivity contribution in [3.63, 3.8) is 0 Å². The zero-order valence-electron chi connectivity index (χ0n) is 11.5. The van der Waals surface area contributed by atoms with Gasteiger partial charge in [-0.15, -0.1) is 0 Å². The summed E-state index contributed by atoms with van der Waals surface area (Å²) in [6.07, 6.45) is 19.3. The van der Waals surface area contributed by atoms with Gasteiger partial charge < -0.3 is 5.11 Å². The summed E-state index contributed by atoms with van der Waals surface area (Å²) in [6, 6.07) is 0. The highest BCUT2D eigenvalue weighted by Crippen LogP contribution is 2.07. The van der Waals surface area contributed by atoms with Crippen LogP contribution in [-0.2, 0) is 0 Å². The molecule has 0 aliphatic rings. The Morgan fingerprint density at radius 1 is 0.941 bits per heavy atom. The van der Waals surface area contributed by atoms with E-state index in [4.69, 9.17) is 0 Å². The number of hydrogen-bond donors (Lipinski definition) is 1. The molecule has 0 fully saturated rings. The van der Waals surface area contributed by atoms with E-state index < -0.39 is 0 Å². The minimum absolute atomic E-state index is 0.504. The van der Waals surface area contributed by atoms with Gasteiger partial charge in [-0.25, -0.2) is 0 Å². The van der Waals surface area contributed by atoms with Crippen LogP contribution in [0.3, 0.4) is 0 Å². The van der Waals surface area contributed by atoms with Gasteiger partial charge in [0.05, 0.1) is 5.76 Å². The molecule has 0 amide bonds. The molecule has 98 valence electrons. The van der Waals surface area contributed by atoms with E-state index in [1.807, 2.05) is 12.2 Å². The minimum Gasteiger partial charge on any atom is -0.512 e. The van der Waals surface area contributed by atoms with Crippen molar-refractivity contribution in [2.75, 3.05) is 0 Å². The first-order valence-electron chi connectivity index (χ1n) is 7.00. The summed E-state index contributed by atoms with van der Waals surface area (Å²) in [6.45, 7) is 4.31. The second-order valence-electron chi connectivity index (χ2n) is 4.35. The predicted molar refractivity (Wildman–Crippen MR) is 77.3 cm³/mol. The lowest BCUT2D eigenvalue weighted by Crippen LogP contribution is -1.81. The van der Waals surface area contributed by atoms with Crippen molar-refractivity contribution in [2.45, 2.75) is 65.2 Å². The predicted octanol–water partition coefficient (Wildman–Crippen LogP) is 5.70. The van der Waals surface area contributed by atoms with Crippen LogP contribution >= 0.6 is 0 Å². The lowest BCUT2D eigenvalue weighted by atomic mass is 10.1. The van der Waals surface area contributed by atoms with Crippen molar-refractivity contribution in [1.82, 2.24) is 0 Å². The van der Waals surface area contributed by atoms with Gasteiger partial charge >= 0.3 is 0 Å². The van der Waals surface area contributed by atoms with Gasteiger partial charge in [-0.05, 0) is 38.2 Å². The largest absolute Gasteiger partial charge is 0.512 e. The first kappa shape index (κ1) is 16.0. The summed E-state index contributed by atoms with van der Waals surface area (Å²) in [5, 5.41) is 9.54. The highest BCUT2D eigenvalue weighted by atomic mass is 16.3. The van der Waals surface area contributed by atoms with Gasteiger partial charge in [0, 0.05) is 6.42 Å². The maximum Gasteiger partial charge on any atom is 0.0922 e. The van der Waals surface area contributed by atoms with Gasteiger partial charge in [0.15, 0.2) is 0 Å². The van der Waals surface area contributed by atoms with E-state index in [2.05, 4.69) is 26.0 Å². The molecule has 0 aromatic heterocycles. The molecule has 0 saturated carbocycles. The van der Waals surface area contributed by atoms with E-state index in [1.54, 1.807) is 6.08 Å². The van der Waals surface area contributed by atoms with Crippen LogP contribution in [0.25, 0.3) is 0 Å². The van der Waals surface area contributed by atoms with Crippen LogP contribution in [0.2, 0.25) is 0 Å². The Hall–Kier alpha value is -0.980. The summed E-state index contributed by atoms with van der Waals surface area (Å²) in [7, 11) is 0. The molecule has 17 heavy (non-hydrogen) atoms. The second-order valence-corrected chi connectivity index (χ2v) is 4.35. The van der Waals surface area contributed by atoms with E-state index >= 15 is 0 Å². The number of unbranched alkanes of at least 4 members (excludes halogenated alkanes) is 4. The molecule has 1 heteroatoms. The Bertz CT molecular complexity index is 236. The summed E-state index contributed by atoms with van der Waals surface area (Å²) >= 11 is 0. The SMILES string of the molecule is CC/C=C/C=C(\O)CCCC/C=C/CCCC. The fraction of sp³-hybridized carbons (Fsp3) is 0.625. The summed E-state index contributed by atoms with van der Waals surface area (Å²) < 4.78 is 0. The number of aliphatic hydroxyl groups excluding tert-OH is 1. The zero-order valence-corrected chi connectivity index (χ0v) is 11.5. The normalized spacial score (nSPS) is 12.9. The molecule has 0 heterocycles. The first-order chi connectivity index (χ1) is 8.31. The Morgan fingerprint density at radius 3 is 2.29 bits per heavy atom. The maximum absolute atomic E-state index is 9.54. The van der Waals surface area contributed by atoms with Gasteiger partial charge in [0.1, 0.15) is 0 Å². The van der Waals surface area contributed by atoms with Crippen molar-refractivity contribution >= 4 is 0 Å². The number of allylic oxidation sites excluding steroid dienone is 6. The maximum atomic E-state index is 9.54. The van der Waals surface area contributed by atoms with Gasteiger partial charge in [-0.3, -0.25) is 0 Å². The number of aliphatic hydroxyl groups is 1. The molecule has 1 N–H and O–H groups in total. The molecule has 0 aromatic rings. The lowest BCUT2D eigenvalue weighted by molar-refractivity contribution is 0.382. The minimum atomic E-state index is 0.504. The van der Waals surface area contributed by atoms with Crippen molar-refractivity contribution in [2.24, 2.45) is 0 Å². The van der Waals surface area contributed by atoms with Crippen LogP contribution < -0.4 is 0 Å². The molecule has 0 atom stereocenters. The summed E-state index contributed by atoms with van der Waals surface area (Å²) in [5.41, 5.74) is 0. The molecule has 0 spiro atoms. The van der Waals surface area contributed by atoms with Gasteiger partial charge in [0.25, 0.3) is 0 Å². The standard InChI is InChI=1S/C16H28O/c1-3-5-7-8-9-10-11-13-15-16(17)14-12-6-4-2/h6,8-9,12,14,17H,3-5,7,10-11,13,15H2,1-2H3/b9-8+,12-6+,16-14-. The van der Waals surface area contributed by atoms with Crippen LogP contribution in [0, 0.1) is 0 Å². The number of hydrogen-bond acceptors (Lipinski definition) is 1. The Balaban J connectivity index is 3.41. The Kier molecular flexibility index (Phi) is 12.3. The highest BCUT2D eigenvalue weighted by molar-refractivity contribution is 5.06. The Labute approximate surface area is 107 Å². The third-order valence-electron chi connectivity index (χ3n) is 2.61. The smallest absolute Gasteiger partial charge is 0.0922 e. The van der Waals surface area contributed by atoms with Crippen molar-refractivity contribution in [3.8, 4) is 0 Å². The quantitative estimate of drug-likeness (QED) is 0.223. The van der Waals surface area contributed by atoms with E-state index in [1.165, 1.54) is 19.3 Å². The monoisotopic (exact) mass is 236 g/mol. The fourth-order valence-corrected chi connectivity index (χ4v) is 1.52. The van der Waals surface area contributed by atoms with Gasteiger partial charge in [-0.1, -0.05) is 51.0 Å². The molecule has 0 aliphatic heterocycles. The van der Waals surface area contributed by atoms with Crippen LogP contribution in [0.4, 0.5) is 0 Å². The number of rotatable bonds is 10.